The zero-order valence-corrected chi connectivity index (χ0v) is 76.5. The van der Waals surface area contributed by atoms with Gasteiger partial charge in [0.2, 0.25) is 5.92 Å². The first-order valence-corrected chi connectivity index (χ1v) is 44.6. The largest absolute Gasteiger partial charge is 0.403 e. The zero-order chi connectivity index (χ0) is 87.3. The molecule has 0 heterocycles. The third kappa shape index (κ3) is 20.1. The van der Waals surface area contributed by atoms with Crippen LogP contribution in [-0.2, 0) is 27.1 Å². The minimum Gasteiger partial charge on any atom is -0.207 e. The van der Waals surface area contributed by atoms with Crippen molar-refractivity contribution in [1.82, 2.24) is 0 Å². The van der Waals surface area contributed by atoms with Crippen LogP contribution in [0.25, 0.3) is 65.0 Å². The van der Waals surface area contributed by atoms with Gasteiger partial charge in [0.1, 0.15) is 0 Å². The van der Waals surface area contributed by atoms with E-state index in [0.717, 1.165) is 39.3 Å². The third-order valence-corrected chi connectivity index (χ3v) is 27.8. The molecule has 119 heavy (non-hydrogen) atoms. The van der Waals surface area contributed by atoms with Gasteiger partial charge in [0.25, 0.3) is 0 Å². The summed E-state index contributed by atoms with van der Waals surface area (Å²) in [4.78, 5) is 0. The highest BCUT2D eigenvalue weighted by molar-refractivity contribution is 6.01. The van der Waals surface area contributed by atoms with Gasteiger partial charge in [-0.25, -0.2) is 8.78 Å². The van der Waals surface area contributed by atoms with Crippen LogP contribution >= 0.6 is 0 Å². The molecule has 15 rings (SSSR count). The minimum atomic E-state index is -5.29. The van der Waals surface area contributed by atoms with E-state index in [1.165, 1.54) is 173 Å². The number of halogens is 8. The molecule has 638 valence electrons. The Balaban J connectivity index is 0.000000146. The van der Waals surface area contributed by atoms with Gasteiger partial charge in [0.15, 0.2) is 5.41 Å². The van der Waals surface area contributed by atoms with Crippen LogP contribution in [0, 0.1) is 59.3 Å². The van der Waals surface area contributed by atoms with E-state index < -0.39 is 36.5 Å². The molecule has 4 aliphatic rings. The van der Waals surface area contributed by atoms with Crippen molar-refractivity contribution in [3.05, 3.63) is 259 Å². The maximum Gasteiger partial charge on any atom is 0.403 e. The number of benzene rings is 11. The van der Waals surface area contributed by atoms with Gasteiger partial charge in [-0.2, -0.15) is 26.3 Å². The predicted octanol–water partition coefficient (Wildman–Crippen LogP) is 35.3. The van der Waals surface area contributed by atoms with Crippen molar-refractivity contribution >= 4 is 53.9 Å². The Morgan fingerprint density at radius 3 is 0.782 bits per heavy atom. The van der Waals surface area contributed by atoms with E-state index in [1.54, 1.807) is 11.1 Å². The van der Waals surface area contributed by atoms with Gasteiger partial charge in [-0.1, -0.05) is 301 Å². The molecule has 4 fully saturated rings. The normalized spacial score (nSPS) is 17.4. The standard InChI is InChI=1S/C23H26F6.C23H26.C23H32.C21H26F2.C21H28/c1-14-16-7-5-6-8-17(16)18(13-19(14)20(2,3)4)15-9-11-21(12-10-15,22(24,25)26)23(27,28)29;1-15-10-9-11-16(2)22(15)20-14-21(23(4,5)6)17(3)18-12-7-8-13-19(18)20;1-16-18-9-7-8-10-19(18)20(15-21(16)22(2,3)4)17-11-13-23(5,6)14-12-17;1-14-16-7-5-6-8-17(16)18(13-19(14)20(2,3)4)15-9-11-21(22,23)12-10-15;1-15-17-12-8-9-13-18(17)19(14-20(15)21(2,3)4)16-10-6-5-7-11-16/h5-8,13,15H,9-12H2,1-4H3;7-14H,1-6H3;7-10,15,17H,11-14H2,1-6H3;5-8,13,15H,9-12H2,1-4H3;8-9,12-14,16H,5-7,10-11H2,1-4H3. The minimum absolute atomic E-state index is 0.0186. The Kier molecular flexibility index (Phi) is 27.2. The first-order chi connectivity index (χ1) is 55.4. The summed E-state index contributed by atoms with van der Waals surface area (Å²) in [6.45, 7) is 54.2. The quantitative estimate of drug-likeness (QED) is 0.151. The van der Waals surface area contributed by atoms with Crippen molar-refractivity contribution in [2.45, 2.75) is 344 Å². The average molecular weight is 1620 g/mol. The molecular formula is C111H138F8. The molecule has 4 aliphatic carbocycles. The molecule has 0 atom stereocenters. The molecule has 0 N–H and O–H groups in total. The smallest absolute Gasteiger partial charge is 0.207 e. The van der Waals surface area contributed by atoms with Crippen LogP contribution in [0.4, 0.5) is 35.1 Å². The predicted molar refractivity (Wildman–Crippen MR) is 495 cm³/mol. The lowest BCUT2D eigenvalue weighted by Crippen LogP contribution is -2.51. The monoisotopic (exact) mass is 1620 g/mol. The number of rotatable bonds is 5. The van der Waals surface area contributed by atoms with Crippen molar-refractivity contribution in [3.8, 4) is 11.1 Å². The van der Waals surface area contributed by atoms with Gasteiger partial charge in [0.05, 0.1) is 0 Å². The van der Waals surface area contributed by atoms with Crippen molar-refractivity contribution < 1.29 is 35.1 Å². The summed E-state index contributed by atoms with van der Waals surface area (Å²) in [7, 11) is 0. The van der Waals surface area contributed by atoms with Crippen LogP contribution < -0.4 is 0 Å². The zero-order valence-electron chi connectivity index (χ0n) is 76.5. The Morgan fingerprint density at radius 2 is 0.504 bits per heavy atom. The van der Waals surface area contributed by atoms with E-state index in [0.29, 0.717) is 18.3 Å². The van der Waals surface area contributed by atoms with Crippen molar-refractivity contribution in [2.75, 3.05) is 0 Å². The number of alkyl halides is 8. The molecule has 0 unspecified atom stereocenters. The molecular weight excluding hydrogens is 1490 g/mol. The molecule has 0 aliphatic heterocycles. The summed E-state index contributed by atoms with van der Waals surface area (Å²) in [5, 5.41) is 13.1. The highest BCUT2D eigenvalue weighted by Crippen LogP contribution is 2.61. The van der Waals surface area contributed by atoms with Crippen molar-refractivity contribution in [3.63, 3.8) is 0 Å². The van der Waals surface area contributed by atoms with Gasteiger partial charge in [0, 0.05) is 12.8 Å². The summed E-state index contributed by atoms with van der Waals surface area (Å²) in [5.41, 5.74) is 21.8. The molecule has 11 aromatic rings. The van der Waals surface area contributed by atoms with E-state index in [1.807, 2.05) is 37.3 Å². The van der Waals surface area contributed by atoms with Crippen LogP contribution in [0.1, 0.15) is 340 Å². The summed E-state index contributed by atoms with van der Waals surface area (Å²) in [6, 6.07) is 61.4. The van der Waals surface area contributed by atoms with Gasteiger partial charge in [-0.3, -0.25) is 0 Å². The lowest BCUT2D eigenvalue weighted by Gasteiger charge is -2.42. The average Bonchev–Trinajstić information content (AvgIpc) is 0.719. The van der Waals surface area contributed by atoms with Crippen LogP contribution in [0.15, 0.2) is 170 Å². The van der Waals surface area contributed by atoms with Crippen LogP contribution in [0.3, 0.4) is 0 Å². The Bertz CT molecular complexity index is 5230. The van der Waals surface area contributed by atoms with Gasteiger partial charge in [-0.15, -0.1) is 0 Å². The lowest BCUT2D eigenvalue weighted by atomic mass is 9.66. The second-order valence-electron chi connectivity index (χ2n) is 42.2. The number of hydrogen-bond donors (Lipinski definition) is 0. The SMILES string of the molecule is Cc1c(C(C)(C)C)cc(C2CCC(C(F)(F)F)(C(F)(F)F)CC2)c2ccccc12.Cc1c(C(C)(C)C)cc(C2CCC(C)(C)CC2)c2ccccc12.Cc1c(C(C)(C)C)cc(C2CCC(F)(F)CC2)c2ccccc12.Cc1c(C(C)(C)C)cc(C2CCCCC2)c2ccccc12.Cc1cccc(C)c1-c1cc(C(C)(C)C)c(C)c2ccccc12. The fraction of sp³-hybridized carbons (Fsp3) is 0.495. The Labute approximate surface area is 710 Å². The van der Waals surface area contributed by atoms with E-state index >= 15 is 0 Å². The molecule has 0 radical (unpaired) electrons. The second-order valence-corrected chi connectivity index (χ2v) is 42.2. The molecule has 0 amide bonds. The fourth-order valence-electron chi connectivity index (χ4n) is 21.0. The molecule has 11 aromatic carbocycles. The highest BCUT2D eigenvalue weighted by Gasteiger charge is 2.70. The second kappa shape index (κ2) is 35.2. The lowest BCUT2D eigenvalue weighted by molar-refractivity contribution is -0.350. The Hall–Kier alpha value is -7.84. The number of aryl methyl sites for hydroxylation is 7. The van der Waals surface area contributed by atoms with E-state index in [9.17, 15) is 35.1 Å². The molecule has 4 saturated carbocycles. The third-order valence-electron chi connectivity index (χ3n) is 27.8. The maximum atomic E-state index is 13.5. The first-order valence-electron chi connectivity index (χ1n) is 44.6. The molecule has 0 nitrogen and oxygen atoms in total. The van der Waals surface area contributed by atoms with Gasteiger partial charge >= 0.3 is 12.4 Å². The summed E-state index contributed by atoms with van der Waals surface area (Å²) in [6.07, 6.45) is 0.881. The molecule has 0 spiro atoms. The van der Waals surface area contributed by atoms with Crippen LogP contribution in [0.2, 0.25) is 0 Å². The fourth-order valence-corrected chi connectivity index (χ4v) is 21.0. The molecule has 0 bridgehead atoms. The maximum absolute atomic E-state index is 13.5. The molecule has 0 saturated heterocycles. The Morgan fingerprint density at radius 1 is 0.269 bits per heavy atom. The number of hydrogen-bond acceptors (Lipinski definition) is 0. The van der Waals surface area contributed by atoms with Crippen LogP contribution in [0.5, 0.6) is 0 Å². The van der Waals surface area contributed by atoms with Crippen LogP contribution in [-0.4, -0.2) is 18.3 Å². The number of fused-ring (bicyclic) bond motifs is 5. The van der Waals surface area contributed by atoms with Crippen molar-refractivity contribution in [1.29, 1.82) is 0 Å². The summed E-state index contributed by atoms with van der Waals surface area (Å²) >= 11 is 0. The van der Waals surface area contributed by atoms with Gasteiger partial charge in [-0.05, 0) is 342 Å². The van der Waals surface area contributed by atoms with Crippen molar-refractivity contribution in [2.24, 2.45) is 10.8 Å². The van der Waals surface area contributed by atoms with Gasteiger partial charge < -0.3 is 0 Å². The topological polar surface area (TPSA) is 0 Å². The van der Waals surface area contributed by atoms with E-state index in [4.69, 9.17) is 0 Å². The molecule has 0 aromatic heterocycles. The first kappa shape index (κ1) is 91.9. The highest BCUT2D eigenvalue weighted by atomic mass is 19.4. The molecule has 8 heteroatoms. The summed E-state index contributed by atoms with van der Waals surface area (Å²) < 4.78 is 108. The summed E-state index contributed by atoms with van der Waals surface area (Å²) in [5.74, 6) is -1.04. The van der Waals surface area contributed by atoms with E-state index in [-0.39, 0.29) is 64.6 Å². The van der Waals surface area contributed by atoms with E-state index in [2.05, 4.69) is 299 Å².